The van der Waals surface area contributed by atoms with Crippen LogP contribution in [-0.2, 0) is 0 Å². The molecular weight excluding hydrogens is 899 g/mol. The minimum atomic E-state index is 0.623. The molecule has 370 valence electrons. The number of aryl methyl sites for hydroxylation is 10. The molecule has 0 spiro atoms. The molecule has 0 saturated heterocycles. The number of ether oxygens (including phenoxy) is 1. The summed E-state index contributed by atoms with van der Waals surface area (Å²) in [5.41, 5.74) is 27.3. The van der Waals surface area contributed by atoms with Crippen molar-refractivity contribution in [1.82, 2.24) is 0 Å². The van der Waals surface area contributed by atoms with Crippen LogP contribution < -0.4 is 19.4 Å². The lowest BCUT2D eigenvalue weighted by Crippen LogP contribution is -2.13. The van der Waals surface area contributed by atoms with E-state index in [1.54, 1.807) is 0 Å². The Morgan fingerprint density at radius 2 is 0.514 bits per heavy atom. The monoisotopic (exact) mass is 968 g/mol. The van der Waals surface area contributed by atoms with E-state index in [1.807, 2.05) is 6.92 Å². The van der Waals surface area contributed by atoms with E-state index in [0.717, 1.165) is 90.3 Å². The molecule has 0 aromatic heterocycles. The molecule has 9 rings (SSSR count). The van der Waals surface area contributed by atoms with Crippen molar-refractivity contribution < 1.29 is 4.74 Å². The Bertz CT molecular complexity index is 3160. The molecule has 4 nitrogen and oxygen atoms in total. The standard InChI is InChI=1S/C70H69N3O/c1-12-74-69-45-55(10)70(56(11)46-69)73(63-37-25-59(26-38-63)19-17-57-21-33-61(34-22-57)71(65-29-13-47(2)51(6)41-65)66-30-14-48(3)52(7)42-66)64-39-27-60(28-40-64)20-18-58-23-35-62(36-24-58)72(67-31-15-49(4)53(8)43-67)68-32-16-50(5)54(9)44-68/h13-46H,12H2,1-11H3. The van der Waals surface area contributed by atoms with Crippen molar-refractivity contribution in [2.75, 3.05) is 21.3 Å². The van der Waals surface area contributed by atoms with Gasteiger partial charge in [-0.05, 0) is 263 Å². The molecule has 0 N–H and O–H groups in total. The first-order valence-electron chi connectivity index (χ1n) is 25.9. The zero-order chi connectivity index (χ0) is 52.0. The summed E-state index contributed by atoms with van der Waals surface area (Å²) >= 11 is 0. The molecular formula is C70H69N3O. The Balaban J connectivity index is 0.956. The fourth-order valence-electron chi connectivity index (χ4n) is 9.60. The number of benzene rings is 9. The Labute approximate surface area is 441 Å². The van der Waals surface area contributed by atoms with Gasteiger partial charge >= 0.3 is 0 Å². The van der Waals surface area contributed by atoms with Gasteiger partial charge in [-0.25, -0.2) is 0 Å². The van der Waals surface area contributed by atoms with Gasteiger partial charge in [0.15, 0.2) is 0 Å². The molecule has 0 fully saturated rings. The first-order valence-corrected chi connectivity index (χ1v) is 25.9. The van der Waals surface area contributed by atoms with Crippen molar-refractivity contribution in [3.8, 4) is 5.75 Å². The van der Waals surface area contributed by atoms with Gasteiger partial charge in [-0.3, -0.25) is 0 Å². The van der Waals surface area contributed by atoms with Crippen LogP contribution in [0.3, 0.4) is 0 Å². The Morgan fingerprint density at radius 1 is 0.270 bits per heavy atom. The summed E-state index contributed by atoms with van der Waals surface area (Å²) in [7, 11) is 0. The third kappa shape index (κ3) is 11.3. The Morgan fingerprint density at radius 3 is 0.757 bits per heavy atom. The molecule has 0 atom stereocenters. The van der Waals surface area contributed by atoms with Crippen LogP contribution in [0.2, 0.25) is 0 Å². The largest absolute Gasteiger partial charge is 0.494 e. The maximum absolute atomic E-state index is 5.98. The number of nitrogens with zero attached hydrogens (tertiary/aromatic N) is 3. The molecule has 9 aromatic rings. The highest BCUT2D eigenvalue weighted by Gasteiger charge is 2.20. The van der Waals surface area contributed by atoms with E-state index < -0.39 is 0 Å². The smallest absolute Gasteiger partial charge is 0.119 e. The van der Waals surface area contributed by atoms with Crippen molar-refractivity contribution in [1.29, 1.82) is 0 Å². The van der Waals surface area contributed by atoms with E-state index >= 15 is 0 Å². The second-order valence-corrected chi connectivity index (χ2v) is 20.0. The quantitative estimate of drug-likeness (QED) is 0.0953. The summed E-state index contributed by atoms with van der Waals surface area (Å²) in [5, 5.41) is 0. The van der Waals surface area contributed by atoms with Crippen molar-refractivity contribution in [3.63, 3.8) is 0 Å². The van der Waals surface area contributed by atoms with Crippen LogP contribution in [0.4, 0.5) is 51.2 Å². The van der Waals surface area contributed by atoms with E-state index in [1.165, 1.54) is 44.5 Å². The van der Waals surface area contributed by atoms with Gasteiger partial charge in [-0.2, -0.15) is 0 Å². The third-order valence-corrected chi connectivity index (χ3v) is 14.5. The number of hydrogen-bond donors (Lipinski definition) is 0. The van der Waals surface area contributed by atoms with Gasteiger partial charge in [0.1, 0.15) is 5.75 Å². The predicted molar refractivity (Wildman–Crippen MR) is 320 cm³/mol. The van der Waals surface area contributed by atoms with Crippen LogP contribution in [0.1, 0.15) is 84.8 Å². The van der Waals surface area contributed by atoms with E-state index in [2.05, 4.69) is 290 Å². The molecule has 0 aliphatic rings. The topological polar surface area (TPSA) is 19.0 Å². The highest BCUT2D eigenvalue weighted by Crippen LogP contribution is 2.42. The summed E-state index contributed by atoms with van der Waals surface area (Å²) in [6, 6.07) is 66.6. The van der Waals surface area contributed by atoms with Gasteiger partial charge in [-0.15, -0.1) is 0 Å². The second-order valence-electron chi connectivity index (χ2n) is 20.0. The van der Waals surface area contributed by atoms with Crippen molar-refractivity contribution in [3.05, 3.63) is 260 Å². The Hall–Kier alpha value is -8.34. The van der Waals surface area contributed by atoms with Crippen LogP contribution >= 0.6 is 0 Å². The van der Waals surface area contributed by atoms with E-state index in [-0.39, 0.29) is 0 Å². The highest BCUT2D eigenvalue weighted by molar-refractivity contribution is 5.84. The number of rotatable bonds is 15. The molecule has 0 unspecified atom stereocenters. The SMILES string of the molecule is CCOc1cc(C)c(N(c2ccc(C=Cc3ccc(N(c4ccc(C)c(C)c4)c4ccc(C)c(C)c4)cc3)cc2)c2ccc(C=Cc3ccc(N(c4ccc(C)c(C)c4)c4ccc(C)c(C)c4)cc3)cc2)c(C)c1. The summed E-state index contributed by atoms with van der Waals surface area (Å²) in [5.74, 6) is 0.889. The molecule has 4 heteroatoms. The minimum absolute atomic E-state index is 0.623. The Kier molecular flexibility index (Phi) is 15.2. The van der Waals surface area contributed by atoms with Crippen LogP contribution in [0.15, 0.2) is 182 Å². The molecule has 0 bridgehead atoms. The summed E-state index contributed by atoms with van der Waals surface area (Å²) in [4.78, 5) is 7.07. The van der Waals surface area contributed by atoms with Crippen molar-refractivity contribution in [2.24, 2.45) is 0 Å². The van der Waals surface area contributed by atoms with Crippen molar-refractivity contribution >= 4 is 75.5 Å². The molecule has 74 heavy (non-hydrogen) atoms. The zero-order valence-electron chi connectivity index (χ0n) is 45.1. The second kappa shape index (κ2) is 22.2. The minimum Gasteiger partial charge on any atom is -0.494 e. The van der Waals surface area contributed by atoms with E-state index in [0.29, 0.717) is 6.61 Å². The molecule has 0 amide bonds. The first kappa shape index (κ1) is 50.6. The van der Waals surface area contributed by atoms with Crippen LogP contribution in [-0.4, -0.2) is 6.61 Å². The third-order valence-electron chi connectivity index (χ3n) is 14.5. The number of hydrogen-bond acceptors (Lipinski definition) is 4. The number of anilines is 9. The van der Waals surface area contributed by atoms with E-state index in [9.17, 15) is 0 Å². The predicted octanol–water partition coefficient (Wildman–Crippen LogP) is 19.9. The van der Waals surface area contributed by atoms with E-state index in [4.69, 9.17) is 4.74 Å². The van der Waals surface area contributed by atoms with Crippen LogP contribution in [0.5, 0.6) is 5.75 Å². The highest BCUT2D eigenvalue weighted by atomic mass is 16.5. The molecule has 0 aliphatic carbocycles. The lowest BCUT2D eigenvalue weighted by Gasteiger charge is -2.29. The van der Waals surface area contributed by atoms with Gasteiger partial charge in [0.2, 0.25) is 0 Å². The maximum Gasteiger partial charge on any atom is 0.119 e. The molecule has 9 aromatic carbocycles. The average molecular weight is 968 g/mol. The lowest BCUT2D eigenvalue weighted by atomic mass is 10.0. The van der Waals surface area contributed by atoms with Crippen LogP contribution in [0, 0.1) is 69.2 Å². The van der Waals surface area contributed by atoms with Gasteiger partial charge in [-0.1, -0.05) is 97.1 Å². The maximum atomic E-state index is 5.98. The molecule has 0 radical (unpaired) electrons. The lowest BCUT2D eigenvalue weighted by molar-refractivity contribution is 0.340. The fraction of sp³-hybridized carbons (Fsp3) is 0.171. The van der Waals surface area contributed by atoms with Crippen molar-refractivity contribution in [2.45, 2.75) is 76.2 Å². The van der Waals surface area contributed by atoms with Gasteiger partial charge < -0.3 is 19.4 Å². The molecule has 0 aliphatic heterocycles. The summed E-state index contributed by atoms with van der Waals surface area (Å²) < 4.78 is 5.98. The first-order chi connectivity index (χ1) is 35.7. The summed E-state index contributed by atoms with van der Waals surface area (Å²) in [6.45, 7) is 24.4. The van der Waals surface area contributed by atoms with Crippen LogP contribution in [0.25, 0.3) is 24.3 Å². The zero-order valence-corrected chi connectivity index (χ0v) is 45.1. The van der Waals surface area contributed by atoms with Gasteiger partial charge in [0, 0.05) is 45.5 Å². The average Bonchev–Trinajstić information content (AvgIpc) is 3.39. The normalized spacial score (nSPS) is 11.4. The fourth-order valence-corrected chi connectivity index (χ4v) is 9.60. The summed E-state index contributed by atoms with van der Waals surface area (Å²) in [6.07, 6.45) is 8.78. The van der Waals surface area contributed by atoms with Gasteiger partial charge in [0.05, 0.1) is 12.3 Å². The molecule has 0 saturated carbocycles. The van der Waals surface area contributed by atoms with Gasteiger partial charge in [0.25, 0.3) is 0 Å². The molecule has 0 heterocycles.